The number of hydrogen-bond donors (Lipinski definition) is 2. The van der Waals surface area contributed by atoms with Gasteiger partial charge in [-0.25, -0.2) is 9.37 Å². The normalized spacial score (nSPS) is 13.4. The van der Waals surface area contributed by atoms with E-state index in [4.69, 9.17) is 34.8 Å². The number of halogens is 7. The lowest BCUT2D eigenvalue weighted by Gasteiger charge is -2.35. The largest absolute Gasteiger partial charge is 0.416 e. The summed E-state index contributed by atoms with van der Waals surface area (Å²) in [4.78, 5) is 12.0. The van der Waals surface area contributed by atoms with E-state index in [2.05, 4.69) is 20.3 Å². The highest BCUT2D eigenvalue weighted by molar-refractivity contribution is 6.42. The second-order valence-corrected chi connectivity index (χ2v) is 9.90. The molecule has 0 amide bonds. The molecule has 0 fully saturated rings. The molecule has 0 spiro atoms. The number of aromatic nitrogens is 3. The standard InChI is InChI=1S/C27H17Cl3F4N4/c28-18-6-7-24(35-14-18)26(13-15-4-2-1-3-5-15,16-8-17(27(32,33)34)10-19(31)9-16)38-25-36-22-11-20(29)21(30)12-23(22)37-25/h1-12,14H,13H2,(H2,36,37,38)/t26-/m1/s1. The van der Waals surface area contributed by atoms with Crippen LogP contribution in [0.5, 0.6) is 0 Å². The predicted octanol–water partition coefficient (Wildman–Crippen LogP) is 8.67. The molecule has 0 bridgehead atoms. The minimum Gasteiger partial charge on any atom is -0.340 e. The van der Waals surface area contributed by atoms with Gasteiger partial charge >= 0.3 is 6.18 Å². The fraction of sp³-hybridized carbons (Fsp3) is 0.111. The van der Waals surface area contributed by atoms with Crippen molar-refractivity contribution in [2.75, 3.05) is 5.32 Å². The van der Waals surface area contributed by atoms with E-state index in [9.17, 15) is 17.6 Å². The molecule has 38 heavy (non-hydrogen) atoms. The Morgan fingerprint density at radius 2 is 1.55 bits per heavy atom. The second-order valence-electron chi connectivity index (χ2n) is 8.65. The van der Waals surface area contributed by atoms with E-state index in [1.54, 1.807) is 36.4 Å². The number of rotatable bonds is 6. The van der Waals surface area contributed by atoms with Crippen LogP contribution in [-0.2, 0) is 18.1 Å². The van der Waals surface area contributed by atoms with Crippen LogP contribution in [0, 0.1) is 5.82 Å². The number of H-pyrrole nitrogens is 1. The molecule has 2 aromatic heterocycles. The lowest BCUT2D eigenvalue weighted by molar-refractivity contribution is -0.137. The van der Waals surface area contributed by atoms with Crippen molar-refractivity contribution in [2.24, 2.45) is 0 Å². The molecule has 5 rings (SSSR count). The molecule has 0 saturated carbocycles. The Morgan fingerprint density at radius 1 is 0.842 bits per heavy atom. The third-order valence-electron chi connectivity index (χ3n) is 6.05. The van der Waals surface area contributed by atoms with Crippen molar-refractivity contribution < 1.29 is 17.6 Å². The first-order chi connectivity index (χ1) is 18.0. The molecule has 0 saturated heterocycles. The molecule has 0 aliphatic heterocycles. The zero-order valence-corrected chi connectivity index (χ0v) is 21.5. The van der Waals surface area contributed by atoms with Crippen LogP contribution in [0.2, 0.25) is 15.1 Å². The highest BCUT2D eigenvalue weighted by Crippen LogP contribution is 2.40. The van der Waals surface area contributed by atoms with Crippen LogP contribution in [0.25, 0.3) is 11.0 Å². The number of benzene rings is 3. The van der Waals surface area contributed by atoms with Crippen LogP contribution in [-0.4, -0.2) is 15.0 Å². The number of anilines is 1. The highest BCUT2D eigenvalue weighted by Gasteiger charge is 2.40. The summed E-state index contributed by atoms with van der Waals surface area (Å²) in [6, 6.07) is 17.7. The lowest BCUT2D eigenvalue weighted by atomic mass is 9.80. The minimum atomic E-state index is -4.78. The molecule has 0 aliphatic rings. The molecule has 11 heteroatoms. The summed E-state index contributed by atoms with van der Waals surface area (Å²) >= 11 is 18.4. The van der Waals surface area contributed by atoms with Gasteiger partial charge in [0.15, 0.2) is 0 Å². The smallest absolute Gasteiger partial charge is 0.340 e. The molecule has 1 atom stereocenters. The lowest BCUT2D eigenvalue weighted by Crippen LogP contribution is -2.40. The van der Waals surface area contributed by atoms with Gasteiger partial charge in [-0.05, 0) is 53.6 Å². The average molecular weight is 580 g/mol. The van der Waals surface area contributed by atoms with Gasteiger partial charge in [0.05, 0.1) is 37.4 Å². The first-order valence-corrected chi connectivity index (χ1v) is 12.3. The van der Waals surface area contributed by atoms with E-state index in [-0.39, 0.29) is 23.0 Å². The minimum absolute atomic E-state index is 0.0139. The zero-order valence-electron chi connectivity index (χ0n) is 19.3. The molecular weight excluding hydrogens is 563 g/mol. The number of fused-ring (bicyclic) bond motifs is 1. The first kappa shape index (κ1) is 26.3. The van der Waals surface area contributed by atoms with Crippen LogP contribution in [0.15, 0.2) is 79.0 Å². The summed E-state index contributed by atoms with van der Waals surface area (Å²) in [6.07, 6.45) is -3.32. The molecular formula is C27H17Cl3F4N4. The summed E-state index contributed by atoms with van der Waals surface area (Å²) in [5.41, 5.74) is -0.624. The van der Waals surface area contributed by atoms with Gasteiger partial charge in [-0.1, -0.05) is 65.1 Å². The molecule has 0 radical (unpaired) electrons. The fourth-order valence-electron chi connectivity index (χ4n) is 4.32. The average Bonchev–Trinajstić information content (AvgIpc) is 3.24. The Morgan fingerprint density at radius 3 is 2.24 bits per heavy atom. The molecule has 2 heterocycles. The third kappa shape index (κ3) is 5.29. The Kier molecular flexibility index (Phi) is 6.98. The van der Waals surface area contributed by atoms with Crippen molar-refractivity contribution in [3.63, 3.8) is 0 Å². The number of alkyl halides is 3. The Balaban J connectivity index is 1.78. The van der Waals surface area contributed by atoms with Gasteiger partial charge in [0.1, 0.15) is 11.4 Å². The Bertz CT molecular complexity index is 1570. The molecule has 0 unspecified atom stereocenters. The monoisotopic (exact) mass is 578 g/mol. The fourth-order valence-corrected chi connectivity index (χ4v) is 4.75. The van der Waals surface area contributed by atoms with Gasteiger partial charge in [-0.15, -0.1) is 0 Å². The van der Waals surface area contributed by atoms with E-state index < -0.39 is 23.1 Å². The summed E-state index contributed by atoms with van der Waals surface area (Å²) in [6.45, 7) is 0. The van der Waals surface area contributed by atoms with Gasteiger partial charge in [0.25, 0.3) is 0 Å². The number of pyridine rings is 1. The maximum absolute atomic E-state index is 14.8. The van der Waals surface area contributed by atoms with Crippen molar-refractivity contribution >= 4 is 51.8 Å². The van der Waals surface area contributed by atoms with Crippen molar-refractivity contribution in [1.29, 1.82) is 0 Å². The SMILES string of the molecule is Fc1cc(C(F)(F)F)cc([C@@](Cc2ccccc2)(Nc2nc3cc(Cl)c(Cl)cc3[nH]2)c2ccc(Cl)cn2)c1. The van der Waals surface area contributed by atoms with E-state index >= 15 is 0 Å². The second kappa shape index (κ2) is 10.1. The van der Waals surface area contributed by atoms with Crippen LogP contribution >= 0.6 is 34.8 Å². The molecule has 2 N–H and O–H groups in total. The summed E-state index contributed by atoms with van der Waals surface area (Å²) < 4.78 is 56.2. The maximum Gasteiger partial charge on any atom is 0.416 e. The van der Waals surface area contributed by atoms with E-state index in [1.807, 2.05) is 18.2 Å². The van der Waals surface area contributed by atoms with Crippen molar-refractivity contribution in [1.82, 2.24) is 15.0 Å². The van der Waals surface area contributed by atoms with Crippen LogP contribution in [0.4, 0.5) is 23.5 Å². The number of imidazole rings is 1. The van der Waals surface area contributed by atoms with Gasteiger partial charge in [0, 0.05) is 12.6 Å². The van der Waals surface area contributed by atoms with E-state index in [1.165, 1.54) is 6.20 Å². The van der Waals surface area contributed by atoms with Crippen LogP contribution in [0.1, 0.15) is 22.4 Å². The summed E-state index contributed by atoms with van der Waals surface area (Å²) in [5.74, 6) is -0.866. The zero-order chi connectivity index (χ0) is 27.1. The van der Waals surface area contributed by atoms with Gasteiger partial charge in [0.2, 0.25) is 5.95 Å². The topological polar surface area (TPSA) is 53.6 Å². The Labute approximate surface area is 229 Å². The van der Waals surface area contributed by atoms with Gasteiger partial charge < -0.3 is 10.3 Å². The van der Waals surface area contributed by atoms with E-state index in [0.29, 0.717) is 32.8 Å². The Hall–Kier alpha value is -3.33. The summed E-state index contributed by atoms with van der Waals surface area (Å²) in [5, 5.41) is 4.14. The molecule has 3 aromatic carbocycles. The quantitative estimate of drug-likeness (QED) is 0.198. The van der Waals surface area contributed by atoms with Crippen molar-refractivity contribution in [3.05, 3.63) is 122 Å². The van der Waals surface area contributed by atoms with E-state index in [0.717, 1.165) is 17.7 Å². The molecule has 4 nitrogen and oxygen atoms in total. The number of hydrogen-bond acceptors (Lipinski definition) is 3. The predicted molar refractivity (Wildman–Crippen MR) is 141 cm³/mol. The molecule has 0 aliphatic carbocycles. The first-order valence-electron chi connectivity index (χ1n) is 11.2. The van der Waals surface area contributed by atoms with Crippen molar-refractivity contribution in [3.8, 4) is 0 Å². The molecule has 194 valence electrons. The highest BCUT2D eigenvalue weighted by atomic mass is 35.5. The van der Waals surface area contributed by atoms with Crippen LogP contribution < -0.4 is 5.32 Å². The maximum atomic E-state index is 14.8. The summed E-state index contributed by atoms with van der Waals surface area (Å²) in [7, 11) is 0. The van der Waals surface area contributed by atoms with Crippen LogP contribution in [0.3, 0.4) is 0 Å². The van der Waals surface area contributed by atoms with Gasteiger partial charge in [-0.2, -0.15) is 13.2 Å². The van der Waals surface area contributed by atoms with Crippen molar-refractivity contribution in [2.45, 2.75) is 18.1 Å². The molecule has 5 aromatic rings. The number of nitrogens with zero attached hydrogens (tertiary/aromatic N) is 2. The van der Waals surface area contributed by atoms with Gasteiger partial charge in [-0.3, -0.25) is 4.98 Å². The number of aromatic amines is 1. The number of nitrogens with one attached hydrogen (secondary N) is 2. The third-order valence-corrected chi connectivity index (χ3v) is 7.00.